The van der Waals surface area contributed by atoms with Crippen LogP contribution in [0.5, 0.6) is 0 Å². The Labute approximate surface area is 99.4 Å². The van der Waals surface area contributed by atoms with Crippen molar-refractivity contribution in [3.63, 3.8) is 0 Å². The van der Waals surface area contributed by atoms with Crippen LogP contribution < -0.4 is 16.7 Å². The highest BCUT2D eigenvalue weighted by Crippen LogP contribution is 1.99. The number of hydrogen-bond donors (Lipinski definition) is 3. The lowest BCUT2D eigenvalue weighted by atomic mass is 10.2. The molecule has 0 amide bonds. The Morgan fingerprint density at radius 3 is 2.67 bits per heavy atom. The zero-order valence-electron chi connectivity index (χ0n) is 8.98. The van der Waals surface area contributed by atoms with E-state index < -0.39 is 11.2 Å². The van der Waals surface area contributed by atoms with Crippen LogP contribution in [0.4, 0.5) is 10.2 Å². The monoisotopic (exact) mass is 249 g/mol. The smallest absolute Gasteiger partial charge is 0.270 e. The van der Waals surface area contributed by atoms with Crippen molar-refractivity contribution in [3.05, 3.63) is 56.5 Å². The molecule has 0 aliphatic rings. The summed E-state index contributed by atoms with van der Waals surface area (Å²) in [4.78, 5) is 23.9. The van der Waals surface area contributed by atoms with Crippen molar-refractivity contribution in [2.45, 2.75) is 0 Å². The Morgan fingerprint density at radius 2 is 2.00 bits per heavy atom. The first-order valence-corrected chi connectivity index (χ1v) is 4.89. The summed E-state index contributed by atoms with van der Waals surface area (Å²) < 4.78 is 12.6. The third-order valence-corrected chi connectivity index (χ3v) is 1.97. The molecule has 0 atom stereocenters. The molecule has 0 bridgehead atoms. The molecular formula is C10H8FN5O2. The second-order valence-electron chi connectivity index (χ2n) is 3.28. The van der Waals surface area contributed by atoms with Crippen LogP contribution >= 0.6 is 0 Å². The largest absolute Gasteiger partial charge is 0.342 e. The van der Waals surface area contributed by atoms with Crippen LogP contribution in [0.2, 0.25) is 0 Å². The molecule has 8 heteroatoms. The lowest BCUT2D eigenvalue weighted by Crippen LogP contribution is -2.25. The highest BCUT2D eigenvalue weighted by atomic mass is 19.1. The molecule has 0 spiro atoms. The van der Waals surface area contributed by atoms with Crippen molar-refractivity contribution < 1.29 is 4.39 Å². The second-order valence-corrected chi connectivity index (χ2v) is 3.28. The van der Waals surface area contributed by atoms with Gasteiger partial charge >= 0.3 is 5.69 Å². The number of hydrogen-bond acceptors (Lipinski definition) is 5. The van der Waals surface area contributed by atoms with E-state index in [0.29, 0.717) is 5.56 Å². The minimum atomic E-state index is -0.701. The number of nitrogens with one attached hydrogen (secondary N) is 3. The third kappa shape index (κ3) is 2.88. The van der Waals surface area contributed by atoms with Crippen LogP contribution in [0.15, 0.2) is 39.0 Å². The first-order valence-electron chi connectivity index (χ1n) is 4.89. The number of aromatic amines is 2. The molecule has 0 saturated heterocycles. The predicted molar refractivity (Wildman–Crippen MR) is 63.1 cm³/mol. The molecule has 1 heterocycles. The first kappa shape index (κ1) is 11.7. The maximum absolute atomic E-state index is 12.6. The number of benzene rings is 1. The molecule has 0 unspecified atom stereocenters. The van der Waals surface area contributed by atoms with E-state index in [9.17, 15) is 14.0 Å². The van der Waals surface area contributed by atoms with E-state index in [4.69, 9.17) is 0 Å². The molecule has 0 aliphatic carbocycles. The molecule has 1 aromatic carbocycles. The SMILES string of the molecule is O=c1[nH]nc(N/N=C/c2ccc(F)cc2)c(=O)[nH]1. The molecule has 0 radical (unpaired) electrons. The summed E-state index contributed by atoms with van der Waals surface area (Å²) in [5, 5.41) is 9.24. The van der Waals surface area contributed by atoms with Crippen molar-refractivity contribution in [3.8, 4) is 0 Å². The third-order valence-electron chi connectivity index (χ3n) is 1.97. The van der Waals surface area contributed by atoms with Crippen molar-refractivity contribution >= 4 is 12.0 Å². The quantitative estimate of drug-likeness (QED) is 0.528. The van der Waals surface area contributed by atoms with Crippen molar-refractivity contribution in [1.82, 2.24) is 15.2 Å². The molecule has 92 valence electrons. The molecule has 0 aliphatic heterocycles. The average Bonchev–Trinajstić information content (AvgIpc) is 2.34. The topological polar surface area (TPSA) is 103 Å². The first-order chi connectivity index (χ1) is 8.65. The number of hydrazone groups is 1. The molecule has 0 fully saturated rings. The predicted octanol–water partition coefficient (Wildman–Crippen LogP) is 0.0433. The lowest BCUT2D eigenvalue weighted by Gasteiger charge is -1.96. The number of H-pyrrole nitrogens is 2. The normalized spacial score (nSPS) is 10.7. The van der Waals surface area contributed by atoms with Gasteiger partial charge in [0, 0.05) is 0 Å². The van der Waals surface area contributed by atoms with Crippen LogP contribution in [0.1, 0.15) is 5.56 Å². The molecule has 7 nitrogen and oxygen atoms in total. The van der Waals surface area contributed by atoms with Crippen LogP contribution in [0.3, 0.4) is 0 Å². The van der Waals surface area contributed by atoms with Gasteiger partial charge in [-0.3, -0.25) is 15.2 Å². The van der Waals surface area contributed by atoms with Gasteiger partial charge in [-0.15, -0.1) is 5.10 Å². The number of halogens is 1. The summed E-state index contributed by atoms with van der Waals surface area (Å²) in [7, 11) is 0. The molecule has 2 rings (SSSR count). The van der Waals surface area contributed by atoms with E-state index >= 15 is 0 Å². The van der Waals surface area contributed by atoms with Gasteiger partial charge in [-0.2, -0.15) is 5.10 Å². The average molecular weight is 249 g/mol. The van der Waals surface area contributed by atoms with E-state index in [2.05, 4.69) is 15.6 Å². The minimum absolute atomic E-state index is 0.145. The zero-order valence-corrected chi connectivity index (χ0v) is 8.98. The molecule has 1 aromatic heterocycles. The van der Waals surface area contributed by atoms with Crippen molar-refractivity contribution in [2.24, 2.45) is 5.10 Å². The number of rotatable bonds is 3. The van der Waals surface area contributed by atoms with E-state index in [1.54, 1.807) is 0 Å². The fourth-order valence-corrected chi connectivity index (χ4v) is 1.14. The Balaban J connectivity index is 2.09. The summed E-state index contributed by atoms with van der Waals surface area (Å²) in [6.45, 7) is 0. The molecule has 2 aromatic rings. The summed E-state index contributed by atoms with van der Waals surface area (Å²) in [5.41, 5.74) is 1.61. The lowest BCUT2D eigenvalue weighted by molar-refractivity contribution is 0.628. The van der Waals surface area contributed by atoms with Gasteiger partial charge < -0.3 is 0 Å². The van der Waals surface area contributed by atoms with Crippen LogP contribution in [-0.2, 0) is 0 Å². The highest BCUT2D eigenvalue weighted by Gasteiger charge is 1.98. The van der Waals surface area contributed by atoms with Crippen LogP contribution in [0, 0.1) is 5.82 Å². The van der Waals surface area contributed by atoms with E-state index in [-0.39, 0.29) is 11.6 Å². The van der Waals surface area contributed by atoms with Gasteiger partial charge in [-0.05, 0) is 17.7 Å². The fourth-order valence-electron chi connectivity index (χ4n) is 1.14. The fraction of sp³-hybridized carbons (Fsp3) is 0. The zero-order chi connectivity index (χ0) is 13.0. The standard InChI is InChI=1S/C10H8FN5O2/c11-7-3-1-6(2-4-7)5-12-14-8-9(17)13-10(18)16-15-8/h1-5H,(H,14,15)(H2,13,16,17,18)/b12-5+. The highest BCUT2D eigenvalue weighted by molar-refractivity contribution is 5.79. The maximum atomic E-state index is 12.6. The van der Waals surface area contributed by atoms with Gasteiger partial charge in [0.2, 0.25) is 5.82 Å². The van der Waals surface area contributed by atoms with Gasteiger partial charge in [0.1, 0.15) is 5.82 Å². The van der Waals surface area contributed by atoms with Gasteiger partial charge in [-0.25, -0.2) is 14.3 Å². The second kappa shape index (κ2) is 5.04. The number of nitrogens with zero attached hydrogens (tertiary/aromatic N) is 2. The minimum Gasteiger partial charge on any atom is -0.270 e. The Morgan fingerprint density at radius 1 is 1.28 bits per heavy atom. The van der Waals surface area contributed by atoms with Crippen molar-refractivity contribution in [2.75, 3.05) is 5.43 Å². The van der Waals surface area contributed by atoms with Crippen molar-refractivity contribution in [1.29, 1.82) is 0 Å². The number of aromatic nitrogens is 3. The summed E-state index contributed by atoms with van der Waals surface area (Å²) in [6, 6.07) is 5.61. The van der Waals surface area contributed by atoms with Crippen LogP contribution in [0.25, 0.3) is 0 Å². The van der Waals surface area contributed by atoms with Gasteiger partial charge in [0.05, 0.1) is 6.21 Å². The Kier molecular flexibility index (Phi) is 3.28. The Hall–Kier alpha value is -2.77. The van der Waals surface area contributed by atoms with Gasteiger partial charge in [0.25, 0.3) is 5.56 Å². The molecular weight excluding hydrogens is 241 g/mol. The summed E-state index contributed by atoms with van der Waals surface area (Å²) in [6.07, 6.45) is 1.38. The van der Waals surface area contributed by atoms with E-state index in [1.807, 2.05) is 10.1 Å². The van der Waals surface area contributed by atoms with Crippen LogP contribution in [-0.4, -0.2) is 21.4 Å². The van der Waals surface area contributed by atoms with E-state index in [1.165, 1.54) is 30.5 Å². The summed E-state index contributed by atoms with van der Waals surface area (Å²) >= 11 is 0. The molecule has 18 heavy (non-hydrogen) atoms. The van der Waals surface area contributed by atoms with Gasteiger partial charge in [0.15, 0.2) is 0 Å². The summed E-state index contributed by atoms with van der Waals surface area (Å²) in [5.74, 6) is -0.494. The van der Waals surface area contributed by atoms with Gasteiger partial charge in [-0.1, -0.05) is 12.1 Å². The molecule has 3 N–H and O–H groups in total. The molecule has 0 saturated carbocycles. The maximum Gasteiger partial charge on any atom is 0.342 e. The Bertz CT molecular complexity index is 674. The van der Waals surface area contributed by atoms with E-state index in [0.717, 1.165) is 0 Å². The number of anilines is 1.